The summed E-state index contributed by atoms with van der Waals surface area (Å²) in [7, 11) is 0. The fourth-order valence-electron chi connectivity index (χ4n) is 0.877. The second-order valence-corrected chi connectivity index (χ2v) is 4.10. The molecule has 0 heterocycles. The highest BCUT2D eigenvalue weighted by atomic mass is 79.9. The molecule has 64 valence electrons. The predicted molar refractivity (Wildman–Crippen MR) is 53.5 cm³/mol. The summed E-state index contributed by atoms with van der Waals surface area (Å²) in [6.07, 6.45) is 0. The summed E-state index contributed by atoms with van der Waals surface area (Å²) in [5.41, 5.74) is 1.07. The zero-order chi connectivity index (χ0) is 9.30. The molecule has 0 aromatic heterocycles. The maximum absolute atomic E-state index is 10.6. The van der Waals surface area contributed by atoms with Crippen LogP contribution in [0.4, 0.5) is 0 Å². The lowest BCUT2D eigenvalue weighted by molar-refractivity contribution is 0.0696. The van der Waals surface area contributed by atoms with Crippen LogP contribution < -0.4 is 0 Å². The van der Waals surface area contributed by atoms with Crippen molar-refractivity contribution in [3.63, 3.8) is 0 Å². The van der Waals surface area contributed by atoms with Crippen LogP contribution in [0.25, 0.3) is 0 Å². The molecule has 0 aliphatic rings. The summed E-state index contributed by atoms with van der Waals surface area (Å²) in [5, 5.41) is 8.74. The molecule has 0 aliphatic heterocycles. The van der Waals surface area contributed by atoms with E-state index in [9.17, 15) is 4.79 Å². The molecular formula is C8H6Br2O2. The van der Waals surface area contributed by atoms with Gasteiger partial charge in [0.1, 0.15) is 0 Å². The van der Waals surface area contributed by atoms with Crippen LogP contribution in [0.5, 0.6) is 0 Å². The number of hydrogen-bond donors (Lipinski definition) is 1. The molecule has 0 radical (unpaired) electrons. The lowest BCUT2D eigenvalue weighted by atomic mass is 10.1. The van der Waals surface area contributed by atoms with Crippen LogP contribution in [0.3, 0.4) is 0 Å². The lowest BCUT2D eigenvalue weighted by Crippen LogP contribution is -1.99. The number of carbonyl (C=O) groups is 1. The summed E-state index contributed by atoms with van der Waals surface area (Å²) >= 11 is 6.53. The Balaban J connectivity index is 3.33. The summed E-state index contributed by atoms with van der Waals surface area (Å²) in [6, 6.07) is 3.36. The highest BCUT2D eigenvalue weighted by molar-refractivity contribution is 9.13. The van der Waals surface area contributed by atoms with Gasteiger partial charge >= 0.3 is 5.97 Å². The van der Waals surface area contributed by atoms with Crippen LogP contribution in [0.2, 0.25) is 0 Å². The first kappa shape index (κ1) is 9.74. The van der Waals surface area contributed by atoms with E-state index in [2.05, 4.69) is 31.9 Å². The van der Waals surface area contributed by atoms with E-state index in [4.69, 9.17) is 5.11 Å². The molecule has 0 bridgehead atoms. The van der Waals surface area contributed by atoms with Gasteiger partial charge in [0.25, 0.3) is 0 Å². The highest BCUT2D eigenvalue weighted by Crippen LogP contribution is 2.26. The molecular weight excluding hydrogens is 288 g/mol. The van der Waals surface area contributed by atoms with Crippen molar-refractivity contribution in [3.8, 4) is 0 Å². The predicted octanol–water partition coefficient (Wildman–Crippen LogP) is 3.22. The van der Waals surface area contributed by atoms with E-state index in [-0.39, 0.29) is 0 Å². The van der Waals surface area contributed by atoms with Gasteiger partial charge < -0.3 is 5.11 Å². The van der Waals surface area contributed by atoms with Gasteiger partial charge in [0.15, 0.2) is 0 Å². The second kappa shape index (κ2) is 3.58. The molecule has 0 saturated heterocycles. The highest BCUT2D eigenvalue weighted by Gasteiger charge is 2.09. The Hall–Kier alpha value is -0.350. The molecule has 1 aromatic carbocycles. The Morgan fingerprint density at radius 2 is 1.83 bits per heavy atom. The first-order valence-electron chi connectivity index (χ1n) is 3.21. The molecule has 0 fully saturated rings. The van der Waals surface area contributed by atoms with Gasteiger partial charge in [0, 0.05) is 8.95 Å². The van der Waals surface area contributed by atoms with Gasteiger partial charge in [-0.05, 0) is 56.5 Å². The average Bonchev–Trinajstić information content (AvgIpc) is 1.96. The summed E-state index contributed by atoms with van der Waals surface area (Å²) in [5.74, 6) is -0.902. The second-order valence-electron chi connectivity index (χ2n) is 2.39. The van der Waals surface area contributed by atoms with Crippen molar-refractivity contribution in [2.75, 3.05) is 0 Å². The van der Waals surface area contributed by atoms with Crippen molar-refractivity contribution in [2.24, 2.45) is 0 Å². The molecule has 12 heavy (non-hydrogen) atoms. The van der Waals surface area contributed by atoms with Crippen LogP contribution in [0.1, 0.15) is 15.9 Å². The molecule has 1 N–H and O–H groups in total. The molecule has 0 spiro atoms. The third-order valence-electron chi connectivity index (χ3n) is 1.50. The molecule has 0 atom stereocenters. The minimum atomic E-state index is -0.902. The maximum atomic E-state index is 10.6. The Morgan fingerprint density at radius 3 is 2.33 bits per heavy atom. The third kappa shape index (κ3) is 1.87. The van der Waals surface area contributed by atoms with Crippen molar-refractivity contribution < 1.29 is 9.90 Å². The van der Waals surface area contributed by atoms with Gasteiger partial charge in [-0.25, -0.2) is 4.79 Å². The first-order chi connectivity index (χ1) is 5.52. The smallest absolute Gasteiger partial charge is 0.335 e. The fraction of sp³-hybridized carbons (Fsp3) is 0.125. The molecule has 2 nitrogen and oxygen atoms in total. The van der Waals surface area contributed by atoms with Crippen molar-refractivity contribution in [2.45, 2.75) is 6.92 Å². The summed E-state index contributed by atoms with van der Waals surface area (Å²) in [6.45, 7) is 1.76. The number of hydrogen-bond acceptors (Lipinski definition) is 1. The minimum absolute atomic E-state index is 0.324. The molecule has 1 rings (SSSR count). The van der Waals surface area contributed by atoms with Crippen molar-refractivity contribution >= 4 is 37.8 Å². The number of halogens is 2. The lowest BCUT2D eigenvalue weighted by Gasteiger charge is -2.02. The molecule has 0 saturated carbocycles. The largest absolute Gasteiger partial charge is 0.478 e. The summed E-state index contributed by atoms with van der Waals surface area (Å²) < 4.78 is 1.62. The number of aromatic carboxylic acids is 1. The Bertz CT molecular complexity index is 334. The minimum Gasteiger partial charge on any atom is -0.478 e. The van der Waals surface area contributed by atoms with Crippen LogP contribution in [0, 0.1) is 6.92 Å². The normalized spacial score (nSPS) is 9.92. The fourth-order valence-corrected chi connectivity index (χ4v) is 1.68. The van der Waals surface area contributed by atoms with E-state index in [1.54, 1.807) is 19.1 Å². The standard InChI is InChI=1S/C8H6Br2O2/c1-4-2-6(9)7(10)3-5(4)8(11)12/h2-3H,1H3,(H,11,12). The van der Waals surface area contributed by atoms with E-state index in [1.165, 1.54) is 0 Å². The number of benzene rings is 1. The average molecular weight is 294 g/mol. The van der Waals surface area contributed by atoms with Crippen LogP contribution in [-0.2, 0) is 0 Å². The van der Waals surface area contributed by atoms with E-state index in [1.807, 2.05) is 0 Å². The topological polar surface area (TPSA) is 37.3 Å². The van der Waals surface area contributed by atoms with Gasteiger partial charge in [0.2, 0.25) is 0 Å². The van der Waals surface area contributed by atoms with Crippen molar-refractivity contribution in [1.29, 1.82) is 0 Å². The Morgan fingerprint density at radius 1 is 1.33 bits per heavy atom. The molecule has 4 heteroatoms. The Kier molecular flexibility index (Phi) is 2.90. The monoisotopic (exact) mass is 292 g/mol. The van der Waals surface area contributed by atoms with Gasteiger partial charge in [-0.3, -0.25) is 0 Å². The van der Waals surface area contributed by atoms with E-state index in [0.717, 1.165) is 14.5 Å². The van der Waals surface area contributed by atoms with Gasteiger partial charge in [-0.15, -0.1) is 0 Å². The molecule has 0 amide bonds. The van der Waals surface area contributed by atoms with Gasteiger partial charge in [-0.2, -0.15) is 0 Å². The van der Waals surface area contributed by atoms with E-state index < -0.39 is 5.97 Å². The quantitative estimate of drug-likeness (QED) is 0.863. The number of rotatable bonds is 1. The third-order valence-corrected chi connectivity index (χ3v) is 3.34. The molecule has 0 unspecified atom stereocenters. The number of carboxylic acid groups (broad SMARTS) is 1. The van der Waals surface area contributed by atoms with E-state index in [0.29, 0.717) is 5.56 Å². The van der Waals surface area contributed by atoms with Gasteiger partial charge in [-0.1, -0.05) is 0 Å². The SMILES string of the molecule is Cc1cc(Br)c(Br)cc1C(=O)O. The number of aryl methyl sites for hydroxylation is 1. The van der Waals surface area contributed by atoms with Gasteiger partial charge in [0.05, 0.1) is 5.56 Å². The zero-order valence-corrected chi connectivity index (χ0v) is 9.44. The number of carboxylic acids is 1. The maximum Gasteiger partial charge on any atom is 0.335 e. The molecule has 1 aromatic rings. The van der Waals surface area contributed by atoms with Crippen molar-refractivity contribution in [3.05, 3.63) is 32.2 Å². The zero-order valence-electron chi connectivity index (χ0n) is 6.27. The van der Waals surface area contributed by atoms with E-state index >= 15 is 0 Å². The van der Waals surface area contributed by atoms with Crippen LogP contribution in [0.15, 0.2) is 21.1 Å². The van der Waals surface area contributed by atoms with Crippen molar-refractivity contribution in [1.82, 2.24) is 0 Å². The Labute approximate surface area is 86.9 Å². The van der Waals surface area contributed by atoms with Crippen LogP contribution >= 0.6 is 31.9 Å². The van der Waals surface area contributed by atoms with Crippen LogP contribution in [-0.4, -0.2) is 11.1 Å². The molecule has 0 aliphatic carbocycles. The summed E-state index contributed by atoms with van der Waals surface area (Å²) in [4.78, 5) is 10.6. The first-order valence-corrected chi connectivity index (χ1v) is 4.80.